The molecule has 1 aliphatic rings. The Labute approximate surface area is 158 Å². The van der Waals surface area contributed by atoms with Crippen LogP contribution >= 0.6 is 0 Å². The number of nitrogens with one attached hydrogen (secondary N) is 1. The lowest BCUT2D eigenvalue weighted by Crippen LogP contribution is -2.48. The van der Waals surface area contributed by atoms with Crippen molar-refractivity contribution < 1.29 is 32.2 Å². The first-order valence-corrected chi connectivity index (χ1v) is 8.37. The number of fused-ring (bicyclic) bond motifs is 1. The van der Waals surface area contributed by atoms with E-state index < -0.39 is 24.8 Å². The Morgan fingerprint density at radius 2 is 1.86 bits per heavy atom. The van der Waals surface area contributed by atoms with Gasteiger partial charge in [0, 0.05) is 12.6 Å². The molecular formula is C19H17F3N2O4. The van der Waals surface area contributed by atoms with Crippen molar-refractivity contribution in [3.8, 4) is 11.5 Å². The SMILES string of the molecule is CC(=O)N1CC(C(=O)Nc2ccc(OCC(F)(F)F)cc2)Oc2ccccc21. The molecule has 1 atom stereocenters. The molecule has 2 aromatic carbocycles. The zero-order valence-corrected chi connectivity index (χ0v) is 14.8. The van der Waals surface area contributed by atoms with Crippen LogP contribution in [0.1, 0.15) is 6.92 Å². The number of rotatable bonds is 4. The summed E-state index contributed by atoms with van der Waals surface area (Å²) in [6.45, 7) is 0.0522. The number of halogens is 3. The monoisotopic (exact) mass is 394 g/mol. The summed E-state index contributed by atoms with van der Waals surface area (Å²) in [5.74, 6) is -0.259. The van der Waals surface area contributed by atoms with Gasteiger partial charge in [-0.1, -0.05) is 12.1 Å². The number of ether oxygens (including phenoxy) is 2. The predicted molar refractivity (Wildman–Crippen MR) is 95.5 cm³/mol. The van der Waals surface area contributed by atoms with E-state index in [0.717, 1.165) is 0 Å². The van der Waals surface area contributed by atoms with E-state index in [9.17, 15) is 22.8 Å². The second kappa shape index (κ2) is 7.79. The van der Waals surface area contributed by atoms with Gasteiger partial charge in [0.1, 0.15) is 11.5 Å². The second-order valence-corrected chi connectivity index (χ2v) is 6.12. The molecule has 1 aliphatic heterocycles. The highest BCUT2D eigenvalue weighted by molar-refractivity contribution is 5.99. The maximum atomic E-state index is 12.5. The molecule has 0 aromatic heterocycles. The van der Waals surface area contributed by atoms with Gasteiger partial charge in [-0.15, -0.1) is 0 Å². The Balaban J connectivity index is 1.66. The third-order valence-corrected chi connectivity index (χ3v) is 3.97. The quantitative estimate of drug-likeness (QED) is 0.863. The van der Waals surface area contributed by atoms with Crippen LogP contribution in [-0.2, 0) is 9.59 Å². The van der Waals surface area contributed by atoms with Gasteiger partial charge >= 0.3 is 6.18 Å². The predicted octanol–water partition coefficient (Wildman–Crippen LogP) is 3.38. The maximum Gasteiger partial charge on any atom is 0.422 e. The molecule has 2 amide bonds. The molecule has 3 rings (SSSR count). The summed E-state index contributed by atoms with van der Waals surface area (Å²) in [5.41, 5.74) is 0.950. The van der Waals surface area contributed by atoms with Crippen LogP contribution in [0.2, 0.25) is 0 Å². The standard InChI is InChI=1S/C19H17F3N2O4/c1-12(25)24-10-17(28-16-5-3-2-4-15(16)24)18(26)23-13-6-8-14(9-7-13)27-11-19(20,21)22/h2-9,17H,10-11H2,1H3,(H,23,26). The molecule has 9 heteroatoms. The Morgan fingerprint density at radius 3 is 2.50 bits per heavy atom. The molecule has 0 fully saturated rings. The second-order valence-electron chi connectivity index (χ2n) is 6.12. The number of amides is 2. The Hall–Kier alpha value is -3.23. The van der Waals surface area contributed by atoms with E-state index in [0.29, 0.717) is 17.1 Å². The van der Waals surface area contributed by atoms with Crippen LogP contribution in [-0.4, -0.2) is 37.2 Å². The molecule has 6 nitrogen and oxygen atoms in total. The number of carbonyl (C=O) groups is 2. The highest BCUT2D eigenvalue weighted by Gasteiger charge is 2.32. The summed E-state index contributed by atoms with van der Waals surface area (Å²) in [7, 11) is 0. The fourth-order valence-corrected chi connectivity index (χ4v) is 2.69. The van der Waals surface area contributed by atoms with Crippen molar-refractivity contribution in [2.45, 2.75) is 19.2 Å². The van der Waals surface area contributed by atoms with Crippen LogP contribution in [0.3, 0.4) is 0 Å². The first-order valence-electron chi connectivity index (χ1n) is 8.37. The molecule has 148 valence electrons. The molecule has 0 aliphatic carbocycles. The van der Waals surface area contributed by atoms with Gasteiger partial charge in [-0.05, 0) is 36.4 Å². The normalized spacial score (nSPS) is 16.0. The van der Waals surface area contributed by atoms with Crippen LogP contribution in [0, 0.1) is 0 Å². The summed E-state index contributed by atoms with van der Waals surface area (Å²) < 4.78 is 46.8. The van der Waals surface area contributed by atoms with Gasteiger partial charge in [-0.2, -0.15) is 13.2 Å². The molecule has 0 spiro atoms. The third kappa shape index (κ3) is 4.73. The topological polar surface area (TPSA) is 67.9 Å². The number of nitrogens with zero attached hydrogens (tertiary/aromatic N) is 1. The van der Waals surface area contributed by atoms with Crippen molar-refractivity contribution in [1.82, 2.24) is 0 Å². The largest absolute Gasteiger partial charge is 0.484 e. The first-order chi connectivity index (χ1) is 13.2. The van der Waals surface area contributed by atoms with Crippen molar-refractivity contribution in [2.24, 2.45) is 0 Å². The van der Waals surface area contributed by atoms with Crippen LogP contribution < -0.4 is 19.7 Å². The van der Waals surface area contributed by atoms with E-state index in [1.54, 1.807) is 24.3 Å². The lowest BCUT2D eigenvalue weighted by Gasteiger charge is -2.33. The summed E-state index contributed by atoms with van der Waals surface area (Å²) in [6.07, 6.45) is -5.36. The zero-order valence-electron chi connectivity index (χ0n) is 14.8. The van der Waals surface area contributed by atoms with Gasteiger partial charge < -0.3 is 19.7 Å². The summed E-state index contributed by atoms with van der Waals surface area (Å²) in [5, 5.41) is 2.62. The fraction of sp³-hybridized carbons (Fsp3) is 0.263. The molecule has 0 saturated carbocycles. The van der Waals surface area contributed by atoms with E-state index >= 15 is 0 Å². The Kier molecular flexibility index (Phi) is 5.43. The van der Waals surface area contributed by atoms with Gasteiger partial charge in [0.25, 0.3) is 5.91 Å². The van der Waals surface area contributed by atoms with Crippen molar-refractivity contribution in [1.29, 1.82) is 0 Å². The van der Waals surface area contributed by atoms with Gasteiger partial charge in [0.05, 0.1) is 12.2 Å². The van der Waals surface area contributed by atoms with Crippen molar-refractivity contribution in [3.05, 3.63) is 48.5 Å². The van der Waals surface area contributed by atoms with E-state index in [-0.39, 0.29) is 18.2 Å². The molecule has 0 bridgehead atoms. The maximum absolute atomic E-state index is 12.5. The molecule has 0 saturated heterocycles. The third-order valence-electron chi connectivity index (χ3n) is 3.97. The summed E-state index contributed by atoms with van der Waals surface area (Å²) >= 11 is 0. The minimum atomic E-state index is -4.43. The number of hydrogen-bond acceptors (Lipinski definition) is 4. The molecule has 1 heterocycles. The first kappa shape index (κ1) is 19.5. The molecule has 1 unspecified atom stereocenters. The van der Waals surface area contributed by atoms with Crippen LogP contribution in [0.25, 0.3) is 0 Å². The average Bonchev–Trinajstić information content (AvgIpc) is 2.65. The minimum absolute atomic E-state index is 0.0286. The zero-order chi connectivity index (χ0) is 20.3. The highest BCUT2D eigenvalue weighted by atomic mass is 19.4. The summed E-state index contributed by atoms with van der Waals surface area (Å²) in [4.78, 5) is 25.9. The fourth-order valence-electron chi connectivity index (χ4n) is 2.69. The highest BCUT2D eigenvalue weighted by Crippen LogP contribution is 2.33. The van der Waals surface area contributed by atoms with Gasteiger partial charge in [-0.3, -0.25) is 9.59 Å². The molecule has 28 heavy (non-hydrogen) atoms. The van der Waals surface area contributed by atoms with E-state index in [2.05, 4.69) is 10.1 Å². The smallest absolute Gasteiger partial charge is 0.422 e. The number of benzene rings is 2. The number of para-hydroxylation sites is 2. The minimum Gasteiger partial charge on any atom is -0.484 e. The lowest BCUT2D eigenvalue weighted by molar-refractivity contribution is -0.153. The molecule has 0 radical (unpaired) electrons. The summed E-state index contributed by atoms with van der Waals surface area (Å²) in [6, 6.07) is 12.4. The van der Waals surface area contributed by atoms with Crippen molar-refractivity contribution in [2.75, 3.05) is 23.4 Å². The van der Waals surface area contributed by atoms with Crippen LogP contribution in [0.15, 0.2) is 48.5 Å². The van der Waals surface area contributed by atoms with Gasteiger partial charge in [-0.25, -0.2) is 0 Å². The number of hydrogen-bond donors (Lipinski definition) is 1. The van der Waals surface area contributed by atoms with Crippen molar-refractivity contribution >= 4 is 23.2 Å². The Morgan fingerprint density at radius 1 is 1.18 bits per heavy atom. The lowest BCUT2D eigenvalue weighted by atomic mass is 10.1. The average molecular weight is 394 g/mol. The van der Waals surface area contributed by atoms with Crippen molar-refractivity contribution in [3.63, 3.8) is 0 Å². The van der Waals surface area contributed by atoms with Gasteiger partial charge in [0.2, 0.25) is 5.91 Å². The molecule has 1 N–H and O–H groups in total. The van der Waals surface area contributed by atoms with Gasteiger partial charge in [0.15, 0.2) is 12.7 Å². The number of alkyl halides is 3. The molecule has 2 aromatic rings. The molecular weight excluding hydrogens is 377 g/mol. The van der Waals surface area contributed by atoms with E-state index in [1.807, 2.05) is 0 Å². The number of anilines is 2. The number of carbonyl (C=O) groups excluding carboxylic acids is 2. The van der Waals surface area contributed by atoms with Crippen LogP contribution in [0.4, 0.5) is 24.5 Å². The Bertz CT molecular complexity index is 868. The van der Waals surface area contributed by atoms with E-state index in [1.165, 1.54) is 36.1 Å². The van der Waals surface area contributed by atoms with E-state index in [4.69, 9.17) is 4.74 Å². The van der Waals surface area contributed by atoms with Crippen LogP contribution in [0.5, 0.6) is 11.5 Å².